The van der Waals surface area contributed by atoms with Gasteiger partial charge in [0, 0.05) is 12.5 Å². The Balaban J connectivity index is 2.25. The lowest BCUT2D eigenvalue weighted by Crippen LogP contribution is -2.42. The van der Waals surface area contributed by atoms with Crippen molar-refractivity contribution in [3.63, 3.8) is 0 Å². The van der Waals surface area contributed by atoms with Gasteiger partial charge in [-0.25, -0.2) is 4.79 Å². The Bertz CT molecular complexity index is 664. The fourth-order valence-corrected chi connectivity index (χ4v) is 4.19. The van der Waals surface area contributed by atoms with E-state index in [-0.39, 0.29) is 17.6 Å². The van der Waals surface area contributed by atoms with Gasteiger partial charge in [-0.05, 0) is 71.6 Å². The van der Waals surface area contributed by atoms with Gasteiger partial charge >= 0.3 is 11.9 Å². The SMILES string of the molecule is C=C(C(=O)OC)C1CC[C@@](C)(O)[C@H](OC(C)=O)CC/C(C)=C/CC[C@]2(C)O[C@H]2C1. The molecule has 0 aromatic heterocycles. The summed E-state index contributed by atoms with van der Waals surface area (Å²) >= 11 is 0. The van der Waals surface area contributed by atoms with E-state index >= 15 is 0 Å². The van der Waals surface area contributed by atoms with E-state index in [9.17, 15) is 14.7 Å². The summed E-state index contributed by atoms with van der Waals surface area (Å²) in [5.41, 5.74) is 0.220. The molecule has 0 radical (unpaired) electrons. The first-order valence-corrected chi connectivity index (χ1v) is 10.5. The Hall–Kier alpha value is -1.66. The number of rotatable bonds is 3. The summed E-state index contributed by atoms with van der Waals surface area (Å²) in [5, 5.41) is 11.1. The topological polar surface area (TPSA) is 85.4 Å². The van der Waals surface area contributed by atoms with Gasteiger partial charge in [0.15, 0.2) is 0 Å². The van der Waals surface area contributed by atoms with Crippen molar-refractivity contribution < 1.29 is 28.9 Å². The summed E-state index contributed by atoms with van der Waals surface area (Å²) < 4.78 is 16.3. The van der Waals surface area contributed by atoms with Crippen LogP contribution in [0.4, 0.5) is 0 Å². The first kappa shape index (κ1) is 23.6. The van der Waals surface area contributed by atoms with Crippen LogP contribution >= 0.6 is 0 Å². The van der Waals surface area contributed by atoms with Crippen LogP contribution in [-0.2, 0) is 23.8 Å². The predicted octanol–water partition coefficient (Wildman–Crippen LogP) is 3.86. The van der Waals surface area contributed by atoms with Gasteiger partial charge in [-0.3, -0.25) is 4.79 Å². The zero-order chi connectivity index (χ0) is 21.8. The van der Waals surface area contributed by atoms with Crippen molar-refractivity contribution in [2.45, 2.75) is 96.1 Å². The molecule has 1 saturated heterocycles. The van der Waals surface area contributed by atoms with Gasteiger partial charge in [0.05, 0.1) is 24.4 Å². The summed E-state index contributed by atoms with van der Waals surface area (Å²) in [5.74, 6) is -1.01. The molecule has 5 atom stereocenters. The highest BCUT2D eigenvalue weighted by Crippen LogP contribution is 2.46. The normalized spacial score (nSPS) is 37.9. The number of hydrogen-bond acceptors (Lipinski definition) is 6. The largest absolute Gasteiger partial charge is 0.466 e. The number of carbonyl (C=O) groups is 2. The number of allylic oxidation sites excluding steroid dienone is 2. The van der Waals surface area contributed by atoms with Crippen molar-refractivity contribution in [3.05, 3.63) is 23.8 Å². The van der Waals surface area contributed by atoms with Crippen molar-refractivity contribution in [2.24, 2.45) is 5.92 Å². The molecule has 1 heterocycles. The van der Waals surface area contributed by atoms with Crippen molar-refractivity contribution >= 4 is 11.9 Å². The Kier molecular flexibility index (Phi) is 7.68. The van der Waals surface area contributed by atoms with E-state index in [4.69, 9.17) is 14.2 Å². The Morgan fingerprint density at radius 1 is 1.28 bits per heavy atom. The molecule has 0 spiro atoms. The van der Waals surface area contributed by atoms with Crippen molar-refractivity contribution in [1.29, 1.82) is 0 Å². The molecule has 1 unspecified atom stereocenters. The van der Waals surface area contributed by atoms with Gasteiger partial charge in [0.1, 0.15) is 6.10 Å². The minimum Gasteiger partial charge on any atom is -0.466 e. The Morgan fingerprint density at radius 2 is 1.97 bits per heavy atom. The third-order valence-electron chi connectivity index (χ3n) is 6.41. The number of aliphatic hydroxyl groups is 1. The van der Waals surface area contributed by atoms with E-state index in [0.717, 1.165) is 19.3 Å². The molecule has 1 N–H and O–H groups in total. The standard InChI is InChI=1S/C23H36O6/c1-15-8-7-12-23(5)20(29-23)14-18(16(2)21(25)27-6)11-13-22(4,26)19(10-9-15)28-17(3)24/h8,18-20,26H,2,7,9-14H2,1,3-6H3/b15-8+/t18?,19-,20+,22-,23+/m1/s1. The van der Waals surface area contributed by atoms with Crippen molar-refractivity contribution in [1.82, 2.24) is 0 Å². The zero-order valence-corrected chi connectivity index (χ0v) is 18.5. The van der Waals surface area contributed by atoms with Crippen LogP contribution in [-0.4, -0.2) is 47.6 Å². The maximum atomic E-state index is 12.1. The number of carbonyl (C=O) groups excluding carboxylic acids is 2. The minimum atomic E-state index is -1.21. The first-order chi connectivity index (χ1) is 13.5. The second-order valence-corrected chi connectivity index (χ2v) is 8.99. The molecule has 2 rings (SSSR count). The number of epoxide rings is 1. The van der Waals surface area contributed by atoms with Crippen molar-refractivity contribution in [2.75, 3.05) is 7.11 Å². The zero-order valence-electron chi connectivity index (χ0n) is 18.5. The van der Waals surface area contributed by atoms with Gasteiger partial charge in [0.25, 0.3) is 0 Å². The summed E-state index contributed by atoms with van der Waals surface area (Å²) in [6.07, 6.45) is 6.30. The Labute approximate surface area is 174 Å². The third kappa shape index (κ3) is 6.41. The summed E-state index contributed by atoms with van der Waals surface area (Å²) in [6, 6.07) is 0. The monoisotopic (exact) mass is 408 g/mol. The maximum Gasteiger partial charge on any atom is 0.333 e. The fourth-order valence-electron chi connectivity index (χ4n) is 4.19. The molecule has 1 aliphatic heterocycles. The lowest BCUT2D eigenvalue weighted by atomic mass is 9.81. The van der Waals surface area contributed by atoms with Crippen molar-refractivity contribution in [3.8, 4) is 0 Å². The fraction of sp³-hybridized carbons (Fsp3) is 0.739. The molecule has 6 heteroatoms. The molecule has 29 heavy (non-hydrogen) atoms. The summed E-state index contributed by atoms with van der Waals surface area (Å²) in [6.45, 7) is 11.2. The summed E-state index contributed by atoms with van der Waals surface area (Å²) in [4.78, 5) is 23.7. The van der Waals surface area contributed by atoms with E-state index in [1.165, 1.54) is 19.6 Å². The second-order valence-electron chi connectivity index (χ2n) is 8.99. The molecule has 0 bridgehead atoms. The number of ether oxygens (including phenoxy) is 3. The highest BCUT2D eigenvalue weighted by molar-refractivity contribution is 5.88. The molecule has 0 aromatic rings. The summed E-state index contributed by atoms with van der Waals surface area (Å²) in [7, 11) is 1.34. The van der Waals surface area contributed by atoms with Crippen LogP contribution in [0.15, 0.2) is 23.8 Å². The Morgan fingerprint density at radius 3 is 2.59 bits per heavy atom. The average Bonchev–Trinajstić information content (AvgIpc) is 3.28. The van der Waals surface area contributed by atoms with Crippen LogP contribution in [0, 0.1) is 5.92 Å². The number of esters is 2. The predicted molar refractivity (Wildman–Crippen MR) is 110 cm³/mol. The quantitative estimate of drug-likeness (QED) is 0.330. The maximum absolute atomic E-state index is 12.1. The lowest BCUT2D eigenvalue weighted by Gasteiger charge is -2.34. The van der Waals surface area contributed by atoms with Gasteiger partial charge in [-0.2, -0.15) is 0 Å². The number of hydrogen-bond donors (Lipinski definition) is 1. The molecule has 2 aliphatic rings. The van der Waals surface area contributed by atoms with Gasteiger partial charge in [0.2, 0.25) is 0 Å². The molecule has 1 fully saturated rings. The molecule has 0 saturated carbocycles. The van der Waals surface area contributed by atoms with Gasteiger partial charge in [-0.15, -0.1) is 0 Å². The smallest absolute Gasteiger partial charge is 0.333 e. The molecule has 6 nitrogen and oxygen atoms in total. The highest BCUT2D eigenvalue weighted by atomic mass is 16.6. The van der Waals surface area contributed by atoms with Crippen LogP contribution < -0.4 is 0 Å². The van der Waals surface area contributed by atoms with Gasteiger partial charge in [-0.1, -0.05) is 18.2 Å². The van der Waals surface area contributed by atoms with E-state index in [1.54, 1.807) is 6.92 Å². The number of fused-ring (bicyclic) bond motifs is 1. The molecular weight excluding hydrogens is 372 g/mol. The van der Waals surface area contributed by atoms with E-state index in [0.29, 0.717) is 31.3 Å². The molecule has 0 aromatic carbocycles. The molecule has 164 valence electrons. The van der Waals surface area contributed by atoms with Gasteiger partial charge < -0.3 is 19.3 Å². The highest BCUT2D eigenvalue weighted by Gasteiger charge is 2.52. The average molecular weight is 409 g/mol. The van der Waals surface area contributed by atoms with Crippen LogP contribution in [0.2, 0.25) is 0 Å². The van der Waals surface area contributed by atoms with E-state index in [2.05, 4.69) is 26.5 Å². The van der Waals surface area contributed by atoms with E-state index < -0.39 is 23.6 Å². The molecule has 0 amide bonds. The minimum absolute atomic E-state index is 0.0553. The van der Waals surface area contributed by atoms with Crippen LogP contribution in [0.3, 0.4) is 0 Å². The van der Waals surface area contributed by atoms with E-state index in [1.807, 2.05) is 0 Å². The van der Waals surface area contributed by atoms with Crippen LogP contribution in [0.5, 0.6) is 0 Å². The number of methoxy groups -OCH3 is 1. The lowest BCUT2D eigenvalue weighted by molar-refractivity contribution is -0.163. The van der Waals surface area contributed by atoms with Crippen LogP contribution in [0.25, 0.3) is 0 Å². The van der Waals surface area contributed by atoms with Crippen LogP contribution in [0.1, 0.15) is 72.6 Å². The third-order valence-corrected chi connectivity index (χ3v) is 6.41. The molecular formula is C23H36O6. The second kappa shape index (κ2) is 9.43. The molecule has 1 aliphatic carbocycles. The first-order valence-electron chi connectivity index (χ1n) is 10.5.